The Morgan fingerprint density at radius 2 is 2.00 bits per heavy atom. The minimum absolute atomic E-state index is 0.134. The number of ketones is 1. The second-order valence-corrected chi connectivity index (χ2v) is 5.59. The smallest absolute Gasteiger partial charge is 0.138 e. The van der Waals surface area contributed by atoms with E-state index < -0.39 is 0 Å². The molecule has 0 aliphatic carbocycles. The largest absolute Gasteiger partial charge is 0.461 e. The van der Waals surface area contributed by atoms with Gasteiger partial charge in [0.05, 0.1) is 5.56 Å². The van der Waals surface area contributed by atoms with Crippen LogP contribution in [0.1, 0.15) is 24.9 Å². The Hall–Kier alpha value is -2.00. The molecule has 0 aliphatic rings. The van der Waals surface area contributed by atoms with Gasteiger partial charge in [0.1, 0.15) is 28.6 Å². The molecule has 21 heavy (non-hydrogen) atoms. The van der Waals surface area contributed by atoms with Gasteiger partial charge in [-0.05, 0) is 44.2 Å². The van der Waals surface area contributed by atoms with Crippen molar-refractivity contribution in [1.29, 1.82) is 0 Å². The van der Waals surface area contributed by atoms with Crippen molar-refractivity contribution in [2.24, 2.45) is 0 Å². The molecule has 0 spiro atoms. The molecule has 3 nitrogen and oxygen atoms in total. The van der Waals surface area contributed by atoms with Crippen LogP contribution in [0.4, 0.5) is 0 Å². The van der Waals surface area contributed by atoms with Gasteiger partial charge in [-0.1, -0.05) is 11.6 Å². The Morgan fingerprint density at radius 1 is 1.19 bits per heavy atom. The first kappa shape index (κ1) is 14.0. The van der Waals surface area contributed by atoms with Crippen molar-refractivity contribution in [3.63, 3.8) is 0 Å². The van der Waals surface area contributed by atoms with Gasteiger partial charge in [0.2, 0.25) is 0 Å². The topological polar surface area (TPSA) is 43.4 Å². The SMILES string of the molecule is CC(=O)CCc1oc2ccc(Cl)cc2c1-c1ccc(C)o1. The number of carbonyl (C=O) groups excluding carboxylic acids is 1. The van der Waals surface area contributed by atoms with Crippen molar-refractivity contribution in [2.75, 3.05) is 0 Å². The predicted octanol–water partition coefficient (Wildman–Crippen LogP) is 5.18. The van der Waals surface area contributed by atoms with Gasteiger partial charge in [-0.2, -0.15) is 0 Å². The highest BCUT2D eigenvalue weighted by atomic mass is 35.5. The summed E-state index contributed by atoms with van der Waals surface area (Å²) in [5.74, 6) is 2.47. The number of carbonyl (C=O) groups is 1. The fourth-order valence-corrected chi connectivity index (χ4v) is 2.60. The number of rotatable bonds is 4. The first-order valence-electron chi connectivity index (χ1n) is 6.82. The second-order valence-electron chi connectivity index (χ2n) is 5.15. The van der Waals surface area contributed by atoms with E-state index in [1.165, 1.54) is 0 Å². The molecule has 0 unspecified atom stereocenters. The Bertz CT molecular complexity index is 811. The molecule has 0 atom stereocenters. The molecular formula is C17H15ClO3. The molecule has 0 bridgehead atoms. The summed E-state index contributed by atoms with van der Waals surface area (Å²) < 4.78 is 11.6. The third kappa shape index (κ3) is 2.74. The van der Waals surface area contributed by atoms with Gasteiger partial charge in [-0.25, -0.2) is 0 Å². The summed E-state index contributed by atoms with van der Waals surface area (Å²) in [6.07, 6.45) is 0.997. The van der Waals surface area contributed by atoms with E-state index in [0.29, 0.717) is 17.9 Å². The first-order chi connectivity index (χ1) is 10.0. The molecule has 0 fully saturated rings. The molecule has 0 N–H and O–H groups in total. The standard InChI is InChI=1S/C17H15ClO3/c1-10(19)3-6-16-17(15-7-4-11(2)20-15)13-9-12(18)5-8-14(13)21-16/h4-5,7-9H,3,6H2,1-2H3. The summed E-state index contributed by atoms with van der Waals surface area (Å²) in [6, 6.07) is 9.32. The van der Waals surface area contributed by atoms with Crippen LogP contribution < -0.4 is 0 Å². The zero-order valence-electron chi connectivity index (χ0n) is 11.9. The van der Waals surface area contributed by atoms with E-state index in [1.54, 1.807) is 13.0 Å². The van der Waals surface area contributed by atoms with Crippen LogP contribution in [-0.2, 0) is 11.2 Å². The van der Waals surface area contributed by atoms with E-state index in [-0.39, 0.29) is 5.78 Å². The van der Waals surface area contributed by atoms with Crippen molar-refractivity contribution in [1.82, 2.24) is 0 Å². The third-order valence-electron chi connectivity index (χ3n) is 3.41. The van der Waals surface area contributed by atoms with Gasteiger partial charge >= 0.3 is 0 Å². The third-order valence-corrected chi connectivity index (χ3v) is 3.65. The number of furan rings is 2. The van der Waals surface area contributed by atoms with Crippen LogP contribution in [0.25, 0.3) is 22.3 Å². The predicted molar refractivity (Wildman–Crippen MR) is 82.7 cm³/mol. The van der Waals surface area contributed by atoms with Crippen molar-refractivity contribution >= 4 is 28.4 Å². The molecule has 1 aromatic carbocycles. The highest BCUT2D eigenvalue weighted by Gasteiger charge is 2.19. The molecule has 0 radical (unpaired) electrons. The zero-order valence-corrected chi connectivity index (χ0v) is 12.7. The maximum atomic E-state index is 11.3. The molecule has 2 heterocycles. The lowest BCUT2D eigenvalue weighted by Gasteiger charge is -1.99. The lowest BCUT2D eigenvalue weighted by Crippen LogP contribution is -1.94. The zero-order chi connectivity index (χ0) is 15.0. The Morgan fingerprint density at radius 3 is 2.67 bits per heavy atom. The molecule has 2 aromatic heterocycles. The highest BCUT2D eigenvalue weighted by molar-refractivity contribution is 6.31. The van der Waals surface area contributed by atoms with Gasteiger partial charge in [-0.3, -0.25) is 0 Å². The number of Topliss-reactive ketones (excluding diaryl/α,β-unsaturated/α-hetero) is 1. The van der Waals surface area contributed by atoms with Crippen molar-refractivity contribution in [2.45, 2.75) is 26.7 Å². The Labute approximate surface area is 127 Å². The molecular weight excluding hydrogens is 288 g/mol. The molecule has 3 rings (SSSR count). The maximum absolute atomic E-state index is 11.3. The number of benzene rings is 1. The Balaban J connectivity index is 2.18. The van der Waals surface area contributed by atoms with Crippen LogP contribution >= 0.6 is 11.6 Å². The van der Waals surface area contributed by atoms with E-state index in [1.807, 2.05) is 31.2 Å². The van der Waals surface area contributed by atoms with Crippen molar-refractivity contribution in [3.05, 3.63) is 46.9 Å². The molecule has 0 saturated heterocycles. The van der Waals surface area contributed by atoms with Crippen LogP contribution in [0.5, 0.6) is 0 Å². The number of fused-ring (bicyclic) bond motifs is 1. The number of halogens is 1. The quantitative estimate of drug-likeness (QED) is 0.667. The number of hydrogen-bond donors (Lipinski definition) is 0. The van der Waals surface area contributed by atoms with Gasteiger partial charge < -0.3 is 13.6 Å². The minimum atomic E-state index is 0.134. The van der Waals surface area contributed by atoms with Crippen LogP contribution in [0.3, 0.4) is 0 Å². The van der Waals surface area contributed by atoms with Gasteiger partial charge in [-0.15, -0.1) is 0 Å². The minimum Gasteiger partial charge on any atom is -0.461 e. The molecule has 4 heteroatoms. The maximum Gasteiger partial charge on any atom is 0.138 e. The average molecular weight is 303 g/mol. The Kier molecular flexibility index (Phi) is 3.60. The summed E-state index contributed by atoms with van der Waals surface area (Å²) >= 11 is 6.09. The highest BCUT2D eigenvalue weighted by Crippen LogP contribution is 2.37. The molecule has 0 saturated carbocycles. The van der Waals surface area contributed by atoms with E-state index >= 15 is 0 Å². The fraction of sp³-hybridized carbons (Fsp3) is 0.235. The van der Waals surface area contributed by atoms with E-state index in [0.717, 1.165) is 33.8 Å². The van der Waals surface area contributed by atoms with Crippen LogP contribution in [0.2, 0.25) is 5.02 Å². The van der Waals surface area contributed by atoms with Crippen molar-refractivity contribution < 1.29 is 13.6 Å². The van der Waals surface area contributed by atoms with Crippen molar-refractivity contribution in [3.8, 4) is 11.3 Å². The van der Waals surface area contributed by atoms with Gasteiger partial charge in [0.15, 0.2) is 0 Å². The second kappa shape index (κ2) is 5.41. The monoisotopic (exact) mass is 302 g/mol. The number of hydrogen-bond acceptors (Lipinski definition) is 3. The van der Waals surface area contributed by atoms with E-state index in [2.05, 4.69) is 0 Å². The molecule has 0 amide bonds. The molecule has 3 aromatic rings. The lowest BCUT2D eigenvalue weighted by molar-refractivity contribution is -0.117. The van der Waals surface area contributed by atoms with Crippen LogP contribution in [-0.4, -0.2) is 5.78 Å². The first-order valence-corrected chi connectivity index (χ1v) is 7.19. The van der Waals surface area contributed by atoms with E-state index in [4.69, 9.17) is 20.4 Å². The lowest BCUT2D eigenvalue weighted by atomic mass is 10.0. The molecule has 0 aliphatic heterocycles. The van der Waals surface area contributed by atoms with Crippen LogP contribution in [0, 0.1) is 6.92 Å². The average Bonchev–Trinajstić information content (AvgIpc) is 2.99. The molecule has 108 valence electrons. The van der Waals surface area contributed by atoms with Gasteiger partial charge in [0, 0.05) is 23.3 Å². The van der Waals surface area contributed by atoms with Crippen LogP contribution in [0.15, 0.2) is 39.2 Å². The fourth-order valence-electron chi connectivity index (χ4n) is 2.43. The normalized spacial score (nSPS) is 11.2. The summed E-state index contributed by atoms with van der Waals surface area (Å²) in [5, 5.41) is 1.56. The summed E-state index contributed by atoms with van der Waals surface area (Å²) in [7, 11) is 0. The van der Waals surface area contributed by atoms with Gasteiger partial charge in [0.25, 0.3) is 0 Å². The summed E-state index contributed by atoms with van der Waals surface area (Å²) in [4.78, 5) is 11.3. The number of aryl methyl sites for hydroxylation is 2. The van der Waals surface area contributed by atoms with E-state index in [9.17, 15) is 4.79 Å². The summed E-state index contributed by atoms with van der Waals surface area (Å²) in [5.41, 5.74) is 1.64. The summed E-state index contributed by atoms with van der Waals surface area (Å²) in [6.45, 7) is 3.48.